The minimum absolute atomic E-state index is 0.135. The van der Waals surface area contributed by atoms with Gasteiger partial charge in [-0.1, -0.05) is 31.4 Å². The van der Waals surface area contributed by atoms with E-state index in [0.717, 1.165) is 0 Å². The average Bonchev–Trinajstić information content (AvgIpc) is 2.36. The van der Waals surface area contributed by atoms with Crippen LogP contribution in [-0.4, -0.2) is 9.13 Å². The topological polar surface area (TPSA) is 44.0 Å². The van der Waals surface area contributed by atoms with Gasteiger partial charge >= 0.3 is 0 Å². The zero-order valence-corrected chi connectivity index (χ0v) is 9.51. The summed E-state index contributed by atoms with van der Waals surface area (Å²) in [6, 6.07) is 8.91. The molecule has 1 aromatic carbocycles. The fourth-order valence-electron chi connectivity index (χ4n) is 1.66. The molecule has 0 saturated heterocycles. The Morgan fingerprint density at radius 3 is 2.12 bits per heavy atom. The molecule has 0 amide bonds. The van der Waals surface area contributed by atoms with Gasteiger partial charge in [-0.3, -0.25) is 14.2 Å². The minimum atomic E-state index is -0.330. The van der Waals surface area contributed by atoms with Crippen molar-refractivity contribution in [2.45, 2.75) is 0 Å². The van der Waals surface area contributed by atoms with Crippen LogP contribution in [0.4, 0.5) is 0 Å². The second-order valence-electron chi connectivity index (χ2n) is 3.73. The van der Waals surface area contributed by atoms with E-state index in [1.54, 1.807) is 24.3 Å². The maximum atomic E-state index is 12.1. The minimum Gasteiger partial charge on any atom is -0.306 e. The van der Waals surface area contributed by atoms with Crippen molar-refractivity contribution in [1.29, 1.82) is 0 Å². The van der Waals surface area contributed by atoms with Crippen molar-refractivity contribution in [1.82, 2.24) is 9.13 Å². The van der Waals surface area contributed by atoms with E-state index < -0.39 is 0 Å². The summed E-state index contributed by atoms with van der Waals surface area (Å²) < 4.78 is 2.49. The molecule has 0 radical (unpaired) electrons. The Kier molecular flexibility index (Phi) is 2.55. The summed E-state index contributed by atoms with van der Waals surface area (Å²) in [6.07, 6.45) is 0. The number of benzene rings is 1. The maximum Gasteiger partial charge on any atom is 0.279 e. The Morgan fingerprint density at radius 2 is 1.53 bits per heavy atom. The molecule has 0 unspecified atom stereocenters. The number of hydrogen-bond acceptors (Lipinski definition) is 2. The Bertz CT molecular complexity index is 725. The zero-order valence-electron chi connectivity index (χ0n) is 9.51. The molecular weight excluding hydrogens is 216 g/mol. The molecule has 0 saturated carbocycles. The highest BCUT2D eigenvalue weighted by Gasteiger charge is 2.06. The zero-order chi connectivity index (χ0) is 12.6. The van der Waals surface area contributed by atoms with Gasteiger partial charge in [-0.2, -0.15) is 0 Å². The van der Waals surface area contributed by atoms with Crippen LogP contribution in [-0.2, 0) is 7.05 Å². The second kappa shape index (κ2) is 3.90. The normalized spacial score (nSPS) is 10.4. The summed E-state index contributed by atoms with van der Waals surface area (Å²) in [4.78, 5) is 23.9. The largest absolute Gasteiger partial charge is 0.306 e. The van der Waals surface area contributed by atoms with Crippen LogP contribution in [0.25, 0.3) is 18.8 Å². The molecule has 1 aromatic heterocycles. The molecule has 1 heterocycles. The molecule has 0 N–H and O–H groups in total. The lowest BCUT2D eigenvalue weighted by atomic mass is 10.3. The fraction of sp³-hybridized carbons (Fsp3) is 0.0769. The predicted molar refractivity (Wildman–Crippen MR) is 67.6 cm³/mol. The lowest BCUT2D eigenvalue weighted by Gasteiger charge is -2.07. The van der Waals surface area contributed by atoms with Crippen molar-refractivity contribution in [3.8, 4) is 5.69 Å². The van der Waals surface area contributed by atoms with Crippen molar-refractivity contribution >= 4 is 13.2 Å². The highest BCUT2D eigenvalue weighted by Crippen LogP contribution is 1.98. The SMILES string of the molecule is C=c1c(=O)n(-c2ccccc2)c(=C)c(=O)n1C. The lowest BCUT2D eigenvalue weighted by molar-refractivity contribution is 0.740. The van der Waals surface area contributed by atoms with E-state index >= 15 is 0 Å². The number of rotatable bonds is 1. The summed E-state index contributed by atoms with van der Waals surface area (Å²) in [5, 5.41) is 0.280. The Hall–Kier alpha value is -2.36. The van der Waals surface area contributed by atoms with Crippen molar-refractivity contribution in [3.05, 3.63) is 61.7 Å². The van der Waals surface area contributed by atoms with Crippen LogP contribution in [0.1, 0.15) is 0 Å². The fourth-order valence-corrected chi connectivity index (χ4v) is 1.66. The summed E-state index contributed by atoms with van der Waals surface area (Å²) >= 11 is 0. The Labute approximate surface area is 97.4 Å². The molecule has 0 aliphatic rings. The first kappa shape index (κ1) is 11.1. The third kappa shape index (κ3) is 1.63. The number of aromatic nitrogens is 2. The molecule has 0 atom stereocenters. The van der Waals surface area contributed by atoms with E-state index in [9.17, 15) is 9.59 Å². The standard InChI is InChI=1S/C13H12N2O2/c1-9-13(17)15(10(2)12(16)14(9)3)11-7-5-4-6-8-11/h4-8H,1-2H2,3H3. The molecular formula is C13H12N2O2. The van der Waals surface area contributed by atoms with Crippen LogP contribution in [0.15, 0.2) is 39.9 Å². The van der Waals surface area contributed by atoms with E-state index in [4.69, 9.17) is 0 Å². The van der Waals surface area contributed by atoms with Crippen molar-refractivity contribution in [2.24, 2.45) is 7.05 Å². The molecule has 0 aliphatic heterocycles. The molecule has 4 heteroatoms. The van der Waals surface area contributed by atoms with Gasteiger partial charge in [0.15, 0.2) is 0 Å². The second-order valence-corrected chi connectivity index (χ2v) is 3.73. The first-order valence-corrected chi connectivity index (χ1v) is 5.09. The van der Waals surface area contributed by atoms with Gasteiger partial charge < -0.3 is 4.57 Å². The first-order valence-electron chi connectivity index (χ1n) is 5.09. The van der Waals surface area contributed by atoms with Gasteiger partial charge in [-0.05, 0) is 12.1 Å². The van der Waals surface area contributed by atoms with Gasteiger partial charge in [0.2, 0.25) is 0 Å². The summed E-state index contributed by atoms with van der Waals surface area (Å²) in [5.41, 5.74) is -0.0353. The summed E-state index contributed by atoms with van der Waals surface area (Å²) in [7, 11) is 1.51. The number of nitrogens with zero attached hydrogens (tertiary/aromatic N) is 2. The third-order valence-electron chi connectivity index (χ3n) is 2.69. The van der Waals surface area contributed by atoms with Crippen molar-refractivity contribution in [2.75, 3.05) is 0 Å². The van der Waals surface area contributed by atoms with Gasteiger partial charge in [0.1, 0.15) is 10.7 Å². The van der Waals surface area contributed by atoms with Gasteiger partial charge in [0, 0.05) is 12.7 Å². The Balaban J connectivity index is 3.01. The molecule has 2 rings (SSSR count). The number of hydrogen-bond donors (Lipinski definition) is 0. The van der Waals surface area contributed by atoms with E-state index in [1.807, 2.05) is 6.07 Å². The average molecular weight is 228 g/mol. The third-order valence-corrected chi connectivity index (χ3v) is 2.69. The predicted octanol–water partition coefficient (Wildman–Crippen LogP) is -0.643. The van der Waals surface area contributed by atoms with Crippen LogP contribution in [0.3, 0.4) is 0 Å². The van der Waals surface area contributed by atoms with E-state index in [0.29, 0.717) is 5.69 Å². The maximum absolute atomic E-state index is 12.1. The van der Waals surface area contributed by atoms with Gasteiger partial charge in [-0.15, -0.1) is 0 Å². The summed E-state index contributed by atoms with van der Waals surface area (Å²) in [6.45, 7) is 7.27. The molecule has 0 bridgehead atoms. The van der Waals surface area contributed by atoms with Crippen LogP contribution in [0.5, 0.6) is 0 Å². The van der Waals surface area contributed by atoms with E-state index in [-0.39, 0.29) is 21.8 Å². The number of para-hydroxylation sites is 1. The highest BCUT2D eigenvalue weighted by molar-refractivity contribution is 5.32. The molecule has 0 aliphatic carbocycles. The van der Waals surface area contributed by atoms with Gasteiger partial charge in [0.25, 0.3) is 11.1 Å². The van der Waals surface area contributed by atoms with E-state index in [1.165, 1.54) is 16.2 Å². The van der Waals surface area contributed by atoms with E-state index in [2.05, 4.69) is 13.2 Å². The first-order chi connectivity index (χ1) is 8.04. The highest BCUT2D eigenvalue weighted by atomic mass is 16.1. The van der Waals surface area contributed by atoms with Crippen LogP contribution < -0.4 is 21.8 Å². The molecule has 0 spiro atoms. The van der Waals surface area contributed by atoms with Crippen molar-refractivity contribution < 1.29 is 0 Å². The molecule has 2 aromatic rings. The molecule has 86 valence electrons. The van der Waals surface area contributed by atoms with Crippen molar-refractivity contribution in [3.63, 3.8) is 0 Å². The van der Waals surface area contributed by atoms with Crippen LogP contribution in [0, 0.1) is 0 Å². The monoisotopic (exact) mass is 228 g/mol. The quantitative estimate of drug-likeness (QED) is 0.651. The molecule has 17 heavy (non-hydrogen) atoms. The van der Waals surface area contributed by atoms with Gasteiger partial charge in [0.05, 0.1) is 0 Å². The Morgan fingerprint density at radius 1 is 0.941 bits per heavy atom. The van der Waals surface area contributed by atoms with Crippen LogP contribution in [0.2, 0.25) is 0 Å². The molecule has 0 fully saturated rings. The smallest absolute Gasteiger partial charge is 0.279 e. The summed E-state index contributed by atoms with van der Waals surface area (Å²) in [5.74, 6) is 0. The lowest BCUT2D eigenvalue weighted by Crippen LogP contribution is -2.55. The molecule has 4 nitrogen and oxygen atoms in total. The van der Waals surface area contributed by atoms with Crippen LogP contribution >= 0.6 is 0 Å². The van der Waals surface area contributed by atoms with Gasteiger partial charge in [-0.25, -0.2) is 0 Å².